The number of hydrogen-bond acceptors (Lipinski definition) is 3. The van der Waals surface area contributed by atoms with Crippen molar-refractivity contribution in [1.29, 1.82) is 0 Å². The molecule has 1 amide bonds. The maximum absolute atomic E-state index is 13.0. The number of hydrogen-bond donors (Lipinski definition) is 0. The van der Waals surface area contributed by atoms with Crippen LogP contribution in [0.3, 0.4) is 0 Å². The summed E-state index contributed by atoms with van der Waals surface area (Å²) in [4.78, 5) is 13.4. The van der Waals surface area contributed by atoms with Crippen molar-refractivity contribution in [2.45, 2.75) is 31.1 Å². The largest absolute Gasteiger partial charge is 0.334 e. The molecule has 2 rings (SSSR count). The Labute approximate surface area is 122 Å². The quantitative estimate of drug-likeness (QED) is 0.802. The van der Waals surface area contributed by atoms with E-state index in [-0.39, 0.29) is 24.9 Å². The van der Waals surface area contributed by atoms with E-state index in [0.717, 1.165) is 5.56 Å². The Morgan fingerprint density at radius 2 is 2.00 bits per heavy atom. The van der Waals surface area contributed by atoms with Crippen LogP contribution in [-0.2, 0) is 15.0 Å². The summed E-state index contributed by atoms with van der Waals surface area (Å²) in [5, 5.41) is -0.670. The molecule has 110 valence electrons. The molecule has 1 aromatic rings. The second-order valence-electron chi connectivity index (χ2n) is 4.82. The van der Waals surface area contributed by atoms with Crippen LogP contribution in [0.5, 0.6) is 0 Å². The van der Waals surface area contributed by atoms with Crippen molar-refractivity contribution >= 4 is 27.7 Å². The third-order valence-corrected chi connectivity index (χ3v) is 4.90. The molecule has 2 atom stereocenters. The van der Waals surface area contributed by atoms with Gasteiger partial charge in [0.25, 0.3) is 0 Å². The van der Waals surface area contributed by atoms with Crippen LogP contribution < -0.4 is 0 Å². The second kappa shape index (κ2) is 5.69. The molecule has 1 aliphatic heterocycles. The minimum Gasteiger partial charge on any atom is -0.334 e. The molecule has 1 aromatic carbocycles. The summed E-state index contributed by atoms with van der Waals surface area (Å²) in [6.07, 6.45) is 0.329. The average molecular weight is 320 g/mol. The molecule has 0 aromatic heterocycles. The Balaban J connectivity index is 2.24. The number of nitrogens with zero attached hydrogens (tertiary/aromatic N) is 1. The lowest BCUT2D eigenvalue weighted by Gasteiger charge is -2.27. The van der Waals surface area contributed by atoms with Crippen LogP contribution in [0.25, 0.3) is 0 Å². The van der Waals surface area contributed by atoms with Crippen molar-refractivity contribution in [3.8, 4) is 0 Å². The summed E-state index contributed by atoms with van der Waals surface area (Å²) in [5.41, 5.74) is 0.863. The van der Waals surface area contributed by atoms with Crippen LogP contribution in [0.2, 0.25) is 5.02 Å². The van der Waals surface area contributed by atoms with Crippen molar-refractivity contribution in [3.05, 3.63) is 34.9 Å². The fourth-order valence-corrected chi connectivity index (χ4v) is 3.31. The molecule has 7 heteroatoms. The van der Waals surface area contributed by atoms with E-state index in [1.807, 2.05) is 6.92 Å². The lowest BCUT2D eigenvalue weighted by atomic mass is 10.0. The van der Waals surface area contributed by atoms with Gasteiger partial charge >= 0.3 is 10.2 Å². The molecule has 1 saturated heterocycles. The van der Waals surface area contributed by atoms with Crippen LogP contribution in [0.15, 0.2) is 24.3 Å². The van der Waals surface area contributed by atoms with Gasteiger partial charge in [0.05, 0.1) is 6.04 Å². The molecule has 0 saturated carbocycles. The zero-order chi connectivity index (χ0) is 14.9. The first-order valence-corrected chi connectivity index (χ1v) is 8.13. The van der Waals surface area contributed by atoms with Gasteiger partial charge in [-0.25, -0.2) is 0 Å². The van der Waals surface area contributed by atoms with Crippen molar-refractivity contribution in [2.24, 2.45) is 0 Å². The molecule has 0 bridgehead atoms. The minimum absolute atomic E-state index is 0.0984. The number of likely N-dealkylation sites (tertiary alicyclic amines) is 1. The summed E-state index contributed by atoms with van der Waals surface area (Å²) in [5.74, 6) is -0.335. The van der Waals surface area contributed by atoms with Crippen LogP contribution >= 0.6 is 11.6 Å². The molecule has 1 heterocycles. The summed E-state index contributed by atoms with van der Waals surface area (Å²) in [7, 11) is -4.68. The predicted octanol–water partition coefficient (Wildman–Crippen LogP) is 2.69. The fraction of sp³-hybridized carbons (Fsp3) is 0.462. The maximum atomic E-state index is 13.0. The van der Waals surface area contributed by atoms with Crippen LogP contribution in [-0.4, -0.2) is 31.0 Å². The Morgan fingerprint density at radius 3 is 2.45 bits per heavy atom. The Kier molecular flexibility index (Phi) is 4.34. The smallest absolute Gasteiger partial charge is 0.307 e. The van der Waals surface area contributed by atoms with Gasteiger partial charge < -0.3 is 4.90 Å². The number of benzene rings is 1. The summed E-state index contributed by atoms with van der Waals surface area (Å²) in [6.45, 7) is 1.79. The molecule has 4 nitrogen and oxygen atoms in total. The molecule has 0 spiro atoms. The van der Waals surface area contributed by atoms with E-state index in [1.54, 1.807) is 24.3 Å². The van der Waals surface area contributed by atoms with Gasteiger partial charge in [0, 0.05) is 18.0 Å². The normalized spacial score (nSPS) is 21.2. The number of carbonyl (C=O) groups excluding carboxylic acids is 1. The van der Waals surface area contributed by atoms with Crippen LogP contribution in [0.4, 0.5) is 3.89 Å². The van der Waals surface area contributed by atoms with Gasteiger partial charge in [0.15, 0.2) is 0 Å². The van der Waals surface area contributed by atoms with E-state index in [0.29, 0.717) is 11.4 Å². The molecule has 0 N–H and O–H groups in total. The van der Waals surface area contributed by atoms with E-state index < -0.39 is 15.5 Å². The molecule has 1 aliphatic rings. The third-order valence-electron chi connectivity index (χ3n) is 3.54. The highest BCUT2D eigenvalue weighted by molar-refractivity contribution is 7.87. The first-order valence-electron chi connectivity index (χ1n) is 6.31. The van der Waals surface area contributed by atoms with Gasteiger partial charge in [0.1, 0.15) is 5.25 Å². The monoisotopic (exact) mass is 319 g/mol. The maximum Gasteiger partial charge on any atom is 0.307 e. The van der Waals surface area contributed by atoms with E-state index in [4.69, 9.17) is 11.6 Å². The van der Waals surface area contributed by atoms with E-state index in [1.165, 1.54) is 4.90 Å². The average Bonchev–Trinajstić information content (AvgIpc) is 2.75. The summed E-state index contributed by atoms with van der Waals surface area (Å²) < 4.78 is 34.9. The minimum atomic E-state index is -4.68. The van der Waals surface area contributed by atoms with Gasteiger partial charge in [-0.3, -0.25) is 4.79 Å². The van der Waals surface area contributed by atoms with Crippen molar-refractivity contribution < 1.29 is 17.1 Å². The summed E-state index contributed by atoms with van der Waals surface area (Å²) >= 11 is 5.82. The number of amides is 1. The number of carbonyl (C=O) groups is 1. The van der Waals surface area contributed by atoms with E-state index in [2.05, 4.69) is 0 Å². The lowest BCUT2D eigenvalue weighted by molar-refractivity contribution is -0.129. The summed E-state index contributed by atoms with van der Waals surface area (Å²) in [6, 6.07) is 6.75. The third kappa shape index (κ3) is 3.12. The molecule has 0 aliphatic carbocycles. The highest BCUT2D eigenvalue weighted by Crippen LogP contribution is 2.31. The Morgan fingerprint density at radius 1 is 1.40 bits per heavy atom. The number of halogens is 2. The molecular weight excluding hydrogens is 305 g/mol. The first-order chi connectivity index (χ1) is 9.32. The van der Waals surface area contributed by atoms with Gasteiger partial charge in [-0.2, -0.15) is 8.42 Å². The molecular formula is C13H15ClFNO3S. The number of rotatable bonds is 4. The van der Waals surface area contributed by atoms with Crippen molar-refractivity contribution in [1.82, 2.24) is 4.90 Å². The van der Waals surface area contributed by atoms with E-state index >= 15 is 0 Å². The van der Waals surface area contributed by atoms with Gasteiger partial charge in [-0.05, 0) is 24.1 Å². The van der Waals surface area contributed by atoms with Crippen LogP contribution in [0, 0.1) is 0 Å². The van der Waals surface area contributed by atoms with Gasteiger partial charge in [-0.1, -0.05) is 30.7 Å². The Hall–Kier alpha value is -1.14. The van der Waals surface area contributed by atoms with E-state index in [9.17, 15) is 17.1 Å². The standard InChI is InChI=1S/C13H15ClFNO3S/c1-2-12(9-3-5-10(14)6-4-9)16-8-11(7-13(16)17)20(15,18)19/h3-6,11-12H,2,7-8H2,1H3. The highest BCUT2D eigenvalue weighted by atomic mass is 35.5. The highest BCUT2D eigenvalue weighted by Gasteiger charge is 2.41. The molecule has 20 heavy (non-hydrogen) atoms. The topological polar surface area (TPSA) is 54.5 Å². The van der Waals surface area contributed by atoms with Crippen molar-refractivity contribution in [2.75, 3.05) is 6.54 Å². The molecule has 0 radical (unpaired) electrons. The molecule has 1 fully saturated rings. The zero-order valence-corrected chi connectivity index (χ0v) is 12.5. The SMILES string of the molecule is CCC(c1ccc(Cl)cc1)N1CC(S(=O)(=O)F)CC1=O. The van der Waals surface area contributed by atoms with Gasteiger partial charge in [0.2, 0.25) is 5.91 Å². The van der Waals surface area contributed by atoms with Gasteiger partial charge in [-0.15, -0.1) is 3.89 Å². The predicted molar refractivity (Wildman–Crippen MR) is 74.6 cm³/mol. The van der Waals surface area contributed by atoms with Crippen molar-refractivity contribution in [3.63, 3.8) is 0 Å². The fourth-order valence-electron chi connectivity index (χ4n) is 2.51. The Bertz CT molecular complexity index is 603. The van der Waals surface area contributed by atoms with Crippen LogP contribution in [0.1, 0.15) is 31.4 Å². The zero-order valence-electron chi connectivity index (χ0n) is 10.9. The molecule has 2 unspecified atom stereocenters. The first kappa shape index (κ1) is 15.3. The second-order valence-corrected chi connectivity index (χ2v) is 6.88. The lowest BCUT2D eigenvalue weighted by Crippen LogP contribution is -2.31.